The molecule has 1 heterocycles. The number of ether oxygens (including phenoxy) is 1. The van der Waals surface area contributed by atoms with Crippen LogP contribution in [-0.4, -0.2) is 18.1 Å². The standard InChI is InChI=1S/C28H23BrClNO2/c1-33-28(32)25-8-3-2-6-20(25)12-16-26(29)22-7-4-5-19(17-22)9-14-24-15-11-21-10-13-23(30)18-27(21)31-24/h2-11,13-15,17-18,26H,12,16H2,1H3/b14-9+/t26-/m0/s1. The van der Waals surface area contributed by atoms with E-state index in [1.807, 2.05) is 54.6 Å². The lowest BCUT2D eigenvalue weighted by Crippen LogP contribution is -2.06. The molecule has 5 heteroatoms. The third-order valence-electron chi connectivity index (χ3n) is 5.48. The van der Waals surface area contributed by atoms with Gasteiger partial charge in [-0.1, -0.05) is 88.2 Å². The molecule has 0 spiro atoms. The number of nitrogens with zero attached hydrogens (tertiary/aromatic N) is 1. The van der Waals surface area contributed by atoms with Gasteiger partial charge in [0.2, 0.25) is 0 Å². The molecule has 0 N–H and O–H groups in total. The normalized spacial score (nSPS) is 12.2. The Kier molecular flexibility index (Phi) is 7.58. The summed E-state index contributed by atoms with van der Waals surface area (Å²) in [6, 6.07) is 25.8. The number of carbonyl (C=O) groups is 1. The molecule has 3 aromatic carbocycles. The van der Waals surface area contributed by atoms with Crippen LogP contribution in [0, 0.1) is 0 Å². The van der Waals surface area contributed by atoms with Gasteiger partial charge in [0, 0.05) is 15.2 Å². The van der Waals surface area contributed by atoms with Gasteiger partial charge >= 0.3 is 5.97 Å². The molecule has 33 heavy (non-hydrogen) atoms. The quantitative estimate of drug-likeness (QED) is 0.183. The van der Waals surface area contributed by atoms with Crippen LogP contribution in [0.1, 0.15) is 44.0 Å². The van der Waals surface area contributed by atoms with Crippen LogP contribution in [-0.2, 0) is 11.2 Å². The lowest BCUT2D eigenvalue weighted by atomic mass is 9.99. The van der Waals surface area contributed by atoms with Gasteiger partial charge in [-0.15, -0.1) is 0 Å². The number of halogens is 2. The molecule has 0 amide bonds. The average molecular weight is 521 g/mol. The van der Waals surface area contributed by atoms with Crippen LogP contribution in [0.25, 0.3) is 23.1 Å². The highest BCUT2D eigenvalue weighted by molar-refractivity contribution is 9.09. The van der Waals surface area contributed by atoms with Crippen LogP contribution in [0.15, 0.2) is 78.9 Å². The molecule has 0 bridgehead atoms. The van der Waals surface area contributed by atoms with E-state index in [1.165, 1.54) is 12.7 Å². The van der Waals surface area contributed by atoms with Gasteiger partial charge in [-0.25, -0.2) is 9.78 Å². The highest BCUT2D eigenvalue weighted by Crippen LogP contribution is 2.30. The summed E-state index contributed by atoms with van der Waals surface area (Å²) >= 11 is 9.92. The number of benzene rings is 3. The first-order valence-corrected chi connectivity index (χ1v) is 12.0. The average Bonchev–Trinajstić information content (AvgIpc) is 2.85. The fourth-order valence-electron chi connectivity index (χ4n) is 3.73. The Hall–Kier alpha value is -2.95. The zero-order valence-corrected chi connectivity index (χ0v) is 20.5. The van der Waals surface area contributed by atoms with E-state index in [9.17, 15) is 4.79 Å². The van der Waals surface area contributed by atoms with Gasteiger partial charge in [-0.2, -0.15) is 0 Å². The van der Waals surface area contributed by atoms with Gasteiger partial charge in [0.05, 0.1) is 23.9 Å². The van der Waals surface area contributed by atoms with Gasteiger partial charge < -0.3 is 4.74 Å². The number of alkyl halides is 1. The Morgan fingerprint density at radius 3 is 2.70 bits per heavy atom. The number of esters is 1. The minimum atomic E-state index is -0.298. The van der Waals surface area contributed by atoms with Crippen LogP contribution < -0.4 is 0 Å². The van der Waals surface area contributed by atoms with E-state index in [2.05, 4.69) is 57.3 Å². The van der Waals surface area contributed by atoms with E-state index in [0.717, 1.165) is 40.6 Å². The molecule has 3 nitrogen and oxygen atoms in total. The van der Waals surface area contributed by atoms with Crippen molar-refractivity contribution in [2.45, 2.75) is 17.7 Å². The third-order valence-corrected chi connectivity index (χ3v) is 6.71. The zero-order valence-electron chi connectivity index (χ0n) is 18.2. The summed E-state index contributed by atoms with van der Waals surface area (Å²) in [5.41, 5.74) is 5.66. The van der Waals surface area contributed by atoms with Crippen molar-refractivity contribution in [2.24, 2.45) is 0 Å². The Balaban J connectivity index is 1.46. The van der Waals surface area contributed by atoms with Crippen molar-refractivity contribution in [3.05, 3.63) is 112 Å². The maximum atomic E-state index is 12.0. The van der Waals surface area contributed by atoms with Gasteiger partial charge in [-0.05, 0) is 59.9 Å². The third kappa shape index (κ3) is 5.89. The van der Waals surface area contributed by atoms with Crippen LogP contribution in [0.3, 0.4) is 0 Å². The summed E-state index contributed by atoms with van der Waals surface area (Å²) in [5.74, 6) is -0.298. The molecule has 0 unspecified atom stereocenters. The van der Waals surface area contributed by atoms with Gasteiger partial charge in [0.1, 0.15) is 0 Å². The smallest absolute Gasteiger partial charge is 0.338 e. The number of aryl methyl sites for hydroxylation is 1. The first kappa shape index (κ1) is 23.2. The number of fused-ring (bicyclic) bond motifs is 1. The molecule has 1 atom stereocenters. The number of methoxy groups -OCH3 is 1. The molecule has 0 saturated carbocycles. The van der Waals surface area contributed by atoms with Gasteiger partial charge in [0.15, 0.2) is 0 Å². The Morgan fingerprint density at radius 1 is 1.03 bits per heavy atom. The minimum Gasteiger partial charge on any atom is -0.465 e. The van der Waals surface area contributed by atoms with Crippen LogP contribution in [0.2, 0.25) is 5.02 Å². The number of hydrogen-bond donors (Lipinski definition) is 0. The summed E-state index contributed by atoms with van der Waals surface area (Å²) in [4.78, 5) is 16.9. The lowest BCUT2D eigenvalue weighted by Gasteiger charge is -2.13. The largest absolute Gasteiger partial charge is 0.465 e. The Bertz CT molecular complexity index is 1320. The summed E-state index contributed by atoms with van der Waals surface area (Å²) in [6.45, 7) is 0. The topological polar surface area (TPSA) is 39.2 Å². The van der Waals surface area contributed by atoms with Crippen LogP contribution >= 0.6 is 27.5 Å². The molecule has 0 aliphatic carbocycles. The molecular formula is C28H23BrClNO2. The molecule has 0 radical (unpaired) electrons. The lowest BCUT2D eigenvalue weighted by molar-refractivity contribution is 0.0599. The number of pyridine rings is 1. The fourth-order valence-corrected chi connectivity index (χ4v) is 4.41. The maximum Gasteiger partial charge on any atom is 0.338 e. The van der Waals surface area contributed by atoms with Crippen molar-refractivity contribution in [1.82, 2.24) is 4.98 Å². The highest BCUT2D eigenvalue weighted by Gasteiger charge is 2.13. The highest BCUT2D eigenvalue weighted by atomic mass is 79.9. The number of rotatable bonds is 7. The number of aromatic nitrogens is 1. The van der Waals surface area contributed by atoms with E-state index in [-0.39, 0.29) is 10.8 Å². The SMILES string of the molecule is COC(=O)c1ccccc1CC[C@H](Br)c1cccc(/C=C/c2ccc3ccc(Cl)cc3n2)c1. The van der Waals surface area contributed by atoms with Crippen molar-refractivity contribution in [3.8, 4) is 0 Å². The predicted molar refractivity (Wildman–Crippen MR) is 140 cm³/mol. The Labute approximate surface area is 207 Å². The molecule has 1 aromatic heterocycles. The van der Waals surface area contributed by atoms with Crippen molar-refractivity contribution in [3.63, 3.8) is 0 Å². The van der Waals surface area contributed by atoms with Crippen molar-refractivity contribution in [1.29, 1.82) is 0 Å². The summed E-state index contributed by atoms with van der Waals surface area (Å²) in [5, 5.41) is 1.75. The number of carbonyl (C=O) groups excluding carboxylic acids is 1. The molecule has 166 valence electrons. The van der Waals surface area contributed by atoms with Gasteiger partial charge in [-0.3, -0.25) is 0 Å². The number of hydrogen-bond acceptors (Lipinski definition) is 3. The molecule has 4 rings (SSSR count). The summed E-state index contributed by atoms with van der Waals surface area (Å²) in [7, 11) is 1.41. The summed E-state index contributed by atoms with van der Waals surface area (Å²) in [6.07, 6.45) is 5.70. The van der Waals surface area contributed by atoms with Gasteiger partial charge in [0.25, 0.3) is 0 Å². The van der Waals surface area contributed by atoms with E-state index in [0.29, 0.717) is 10.6 Å². The van der Waals surface area contributed by atoms with E-state index in [4.69, 9.17) is 16.3 Å². The first-order chi connectivity index (χ1) is 16.0. The maximum absolute atomic E-state index is 12.0. The predicted octanol–water partition coefficient (Wildman–Crippen LogP) is 7.91. The van der Waals surface area contributed by atoms with Crippen LogP contribution in [0.5, 0.6) is 0 Å². The second kappa shape index (κ2) is 10.8. The monoisotopic (exact) mass is 519 g/mol. The van der Waals surface area contributed by atoms with Crippen molar-refractivity contribution >= 4 is 56.6 Å². The van der Waals surface area contributed by atoms with Crippen molar-refractivity contribution < 1.29 is 9.53 Å². The van der Waals surface area contributed by atoms with Crippen LogP contribution in [0.4, 0.5) is 0 Å². The molecule has 0 saturated heterocycles. The first-order valence-electron chi connectivity index (χ1n) is 10.7. The molecule has 4 aromatic rings. The second-order valence-corrected chi connectivity index (χ2v) is 9.27. The van der Waals surface area contributed by atoms with E-state index < -0.39 is 0 Å². The minimum absolute atomic E-state index is 0.164. The molecule has 0 fully saturated rings. The zero-order chi connectivity index (χ0) is 23.2. The molecule has 0 aliphatic rings. The van der Waals surface area contributed by atoms with E-state index in [1.54, 1.807) is 0 Å². The van der Waals surface area contributed by atoms with E-state index >= 15 is 0 Å². The molecular weight excluding hydrogens is 498 g/mol. The second-order valence-electron chi connectivity index (χ2n) is 7.73. The molecule has 0 aliphatic heterocycles. The Morgan fingerprint density at radius 2 is 1.85 bits per heavy atom. The fraction of sp³-hybridized carbons (Fsp3) is 0.143. The van der Waals surface area contributed by atoms with Crippen molar-refractivity contribution in [2.75, 3.05) is 7.11 Å². The summed E-state index contributed by atoms with van der Waals surface area (Å²) < 4.78 is 4.91.